The van der Waals surface area contributed by atoms with Gasteiger partial charge in [-0.25, -0.2) is 14.4 Å². The number of nitrogens with zero attached hydrogens (tertiary/aromatic N) is 3. The fraction of sp³-hybridized carbons (Fsp3) is 0.120. The highest BCUT2D eigenvalue weighted by Crippen LogP contribution is 2.27. The third-order valence-electron chi connectivity index (χ3n) is 4.79. The maximum atomic E-state index is 13.1. The number of rotatable bonds is 7. The molecule has 0 radical (unpaired) electrons. The first-order chi connectivity index (χ1) is 16.0. The van der Waals surface area contributed by atoms with Gasteiger partial charge in [-0.3, -0.25) is 4.79 Å². The van der Waals surface area contributed by atoms with Crippen LogP contribution in [0.4, 0.5) is 9.52 Å². The monoisotopic (exact) mass is 474 g/mol. The molecule has 0 fully saturated rings. The second kappa shape index (κ2) is 10.4. The van der Waals surface area contributed by atoms with Gasteiger partial charge in [-0.2, -0.15) is 5.26 Å². The molecule has 2 aromatic carbocycles. The summed E-state index contributed by atoms with van der Waals surface area (Å²) in [6.45, 7) is 2.03. The van der Waals surface area contributed by atoms with E-state index in [2.05, 4.69) is 21.4 Å². The maximum absolute atomic E-state index is 13.1. The molecule has 0 unspecified atom stereocenters. The molecule has 0 saturated carbocycles. The van der Waals surface area contributed by atoms with Crippen molar-refractivity contribution in [2.45, 2.75) is 18.4 Å². The molecule has 4 rings (SSSR count). The Kier molecular flexibility index (Phi) is 7.13. The van der Waals surface area contributed by atoms with Crippen molar-refractivity contribution in [2.24, 2.45) is 0 Å². The number of hydrogen-bond acceptors (Lipinski definition) is 6. The minimum Gasteiger partial charge on any atom is -0.302 e. The van der Waals surface area contributed by atoms with E-state index in [-0.39, 0.29) is 18.1 Å². The lowest BCUT2D eigenvalue weighted by atomic mass is 10.1. The van der Waals surface area contributed by atoms with Gasteiger partial charge in [-0.05, 0) is 43.3 Å². The van der Waals surface area contributed by atoms with Gasteiger partial charge in [0, 0.05) is 28.7 Å². The zero-order valence-corrected chi connectivity index (χ0v) is 19.3. The number of amides is 1. The fourth-order valence-electron chi connectivity index (χ4n) is 3.03. The molecular weight excluding hydrogens is 455 g/mol. The van der Waals surface area contributed by atoms with Crippen molar-refractivity contribution in [1.82, 2.24) is 9.97 Å². The van der Waals surface area contributed by atoms with Gasteiger partial charge in [0.25, 0.3) is 0 Å². The first kappa shape index (κ1) is 22.6. The lowest BCUT2D eigenvalue weighted by Gasteiger charge is -2.07. The van der Waals surface area contributed by atoms with Gasteiger partial charge in [0.2, 0.25) is 5.91 Å². The van der Waals surface area contributed by atoms with E-state index in [1.54, 1.807) is 18.2 Å². The highest BCUT2D eigenvalue weighted by Gasteiger charge is 2.11. The Hall–Kier alpha value is -3.54. The highest BCUT2D eigenvalue weighted by molar-refractivity contribution is 7.99. The smallest absolute Gasteiger partial charge is 0.226 e. The minimum absolute atomic E-state index is 0.171. The van der Waals surface area contributed by atoms with E-state index in [1.165, 1.54) is 35.2 Å². The van der Waals surface area contributed by atoms with E-state index in [0.717, 1.165) is 22.4 Å². The van der Waals surface area contributed by atoms with Crippen molar-refractivity contribution in [3.05, 3.63) is 83.0 Å². The van der Waals surface area contributed by atoms with Gasteiger partial charge in [-0.15, -0.1) is 23.1 Å². The van der Waals surface area contributed by atoms with Crippen LogP contribution in [0.3, 0.4) is 0 Å². The van der Waals surface area contributed by atoms with Gasteiger partial charge in [0.15, 0.2) is 5.13 Å². The standard InChI is InChI=1S/C25H19FN4OS2/c1-16-2-4-17(5-3-16)21-11-8-19(14-27)24(28-21)32-13-12-23(31)30-25-29-22(15-33-25)18-6-9-20(26)10-7-18/h2-11,15H,12-13H2,1H3,(H,29,30,31). The topological polar surface area (TPSA) is 78.7 Å². The zero-order chi connectivity index (χ0) is 23.2. The third kappa shape index (κ3) is 5.83. The molecule has 33 heavy (non-hydrogen) atoms. The Morgan fingerprint density at radius 3 is 2.45 bits per heavy atom. The van der Waals surface area contributed by atoms with Gasteiger partial charge < -0.3 is 5.32 Å². The fourth-order valence-corrected chi connectivity index (χ4v) is 4.68. The summed E-state index contributed by atoms with van der Waals surface area (Å²) >= 11 is 2.69. The summed E-state index contributed by atoms with van der Waals surface area (Å²) in [7, 11) is 0. The number of anilines is 1. The first-order valence-electron chi connectivity index (χ1n) is 10.1. The number of aromatic nitrogens is 2. The summed E-state index contributed by atoms with van der Waals surface area (Å²) in [4.78, 5) is 21.4. The molecule has 1 amide bonds. The summed E-state index contributed by atoms with van der Waals surface area (Å²) in [5.74, 6) is -0.00436. The highest BCUT2D eigenvalue weighted by atomic mass is 32.2. The number of hydrogen-bond donors (Lipinski definition) is 1. The summed E-state index contributed by atoms with van der Waals surface area (Å²) in [5.41, 5.74) is 4.88. The van der Waals surface area contributed by atoms with Crippen LogP contribution in [0.15, 0.2) is 71.1 Å². The molecule has 1 N–H and O–H groups in total. The third-order valence-corrected chi connectivity index (χ3v) is 6.54. The first-order valence-corrected chi connectivity index (χ1v) is 12.0. The quantitative estimate of drug-likeness (QED) is 0.318. The lowest BCUT2D eigenvalue weighted by molar-refractivity contribution is -0.115. The minimum atomic E-state index is -0.307. The Labute approximate surface area is 199 Å². The van der Waals surface area contributed by atoms with Crippen LogP contribution in [-0.2, 0) is 4.79 Å². The van der Waals surface area contributed by atoms with Crippen LogP contribution >= 0.6 is 23.1 Å². The summed E-state index contributed by atoms with van der Waals surface area (Å²) < 4.78 is 13.1. The Morgan fingerprint density at radius 1 is 1.03 bits per heavy atom. The predicted molar refractivity (Wildman–Crippen MR) is 131 cm³/mol. The van der Waals surface area contributed by atoms with E-state index in [1.807, 2.05) is 42.6 Å². The molecule has 8 heteroatoms. The van der Waals surface area contributed by atoms with Crippen LogP contribution in [0.25, 0.3) is 22.5 Å². The molecule has 0 spiro atoms. The van der Waals surface area contributed by atoms with Crippen LogP contribution in [0.5, 0.6) is 0 Å². The molecule has 0 aliphatic carbocycles. The van der Waals surface area contributed by atoms with Gasteiger partial charge >= 0.3 is 0 Å². The normalized spacial score (nSPS) is 10.6. The maximum Gasteiger partial charge on any atom is 0.226 e. The van der Waals surface area contributed by atoms with Gasteiger partial charge in [0.1, 0.15) is 16.9 Å². The number of carbonyl (C=O) groups excluding carboxylic acids is 1. The number of benzene rings is 2. The van der Waals surface area contributed by atoms with Crippen molar-refractivity contribution in [3.8, 4) is 28.6 Å². The van der Waals surface area contributed by atoms with Gasteiger partial charge in [0.05, 0.1) is 17.0 Å². The van der Waals surface area contributed by atoms with Crippen molar-refractivity contribution in [3.63, 3.8) is 0 Å². The molecule has 0 aliphatic rings. The van der Waals surface area contributed by atoms with E-state index >= 15 is 0 Å². The Morgan fingerprint density at radius 2 is 1.73 bits per heavy atom. The summed E-state index contributed by atoms with van der Waals surface area (Å²) in [6, 6.07) is 19.9. The average Bonchev–Trinajstić information content (AvgIpc) is 3.28. The van der Waals surface area contributed by atoms with Crippen LogP contribution in [-0.4, -0.2) is 21.6 Å². The lowest BCUT2D eigenvalue weighted by Crippen LogP contribution is -2.12. The molecule has 164 valence electrons. The number of pyridine rings is 1. The van der Waals surface area contributed by atoms with Crippen LogP contribution < -0.4 is 5.32 Å². The largest absolute Gasteiger partial charge is 0.302 e. The van der Waals surface area contributed by atoms with Crippen LogP contribution in [0, 0.1) is 24.1 Å². The molecule has 0 saturated heterocycles. The second-order valence-corrected chi connectivity index (χ2v) is 9.16. The molecule has 2 aromatic heterocycles. The number of thiazole rings is 1. The van der Waals surface area contributed by atoms with Crippen molar-refractivity contribution in [2.75, 3.05) is 11.1 Å². The SMILES string of the molecule is Cc1ccc(-c2ccc(C#N)c(SCCC(=O)Nc3nc(-c4ccc(F)cc4)cs3)n2)cc1. The van der Waals surface area contributed by atoms with Gasteiger partial charge in [-0.1, -0.05) is 29.8 Å². The predicted octanol–water partition coefficient (Wildman–Crippen LogP) is 6.31. The molecule has 0 aliphatic heterocycles. The number of carbonyl (C=O) groups is 1. The number of aryl methyl sites for hydroxylation is 1. The van der Waals surface area contributed by atoms with Crippen molar-refractivity contribution < 1.29 is 9.18 Å². The van der Waals surface area contributed by atoms with Crippen LogP contribution in [0.2, 0.25) is 0 Å². The van der Waals surface area contributed by atoms with E-state index in [0.29, 0.717) is 27.2 Å². The molecule has 4 aromatic rings. The van der Waals surface area contributed by atoms with Crippen molar-refractivity contribution >= 4 is 34.1 Å². The Balaban J connectivity index is 1.36. The van der Waals surface area contributed by atoms with E-state index in [4.69, 9.17) is 0 Å². The van der Waals surface area contributed by atoms with E-state index < -0.39 is 0 Å². The van der Waals surface area contributed by atoms with E-state index in [9.17, 15) is 14.4 Å². The zero-order valence-electron chi connectivity index (χ0n) is 17.7. The number of thioether (sulfide) groups is 1. The van der Waals surface area contributed by atoms with Crippen molar-refractivity contribution in [1.29, 1.82) is 5.26 Å². The summed E-state index contributed by atoms with van der Waals surface area (Å²) in [6.07, 6.45) is 0.247. The average molecular weight is 475 g/mol. The second-order valence-electron chi connectivity index (χ2n) is 7.22. The molecule has 5 nitrogen and oxygen atoms in total. The molecular formula is C25H19FN4OS2. The van der Waals surface area contributed by atoms with Crippen LogP contribution in [0.1, 0.15) is 17.5 Å². The number of halogens is 1. The molecule has 0 bridgehead atoms. The number of nitriles is 1. The molecule has 2 heterocycles. The number of nitrogens with one attached hydrogen (secondary N) is 1. The Bertz CT molecular complexity index is 1310. The molecule has 0 atom stereocenters. The summed E-state index contributed by atoms with van der Waals surface area (Å²) in [5, 5.41) is 15.1.